The van der Waals surface area contributed by atoms with Crippen LogP contribution in [0.3, 0.4) is 0 Å². The Kier molecular flexibility index (Phi) is 4.90. The first-order chi connectivity index (χ1) is 4.86. The Morgan fingerprint density at radius 2 is 1.92 bits per heavy atom. The first-order valence-corrected chi connectivity index (χ1v) is 3.24. The topological polar surface area (TPSA) is 13.1 Å². The monoisotopic (exact) mass is 234 g/mol. The molecule has 1 aromatic carbocycles. The summed E-state index contributed by atoms with van der Waals surface area (Å²) in [5.41, 5.74) is 0.917. The second-order valence-corrected chi connectivity index (χ2v) is 2.28. The van der Waals surface area contributed by atoms with Gasteiger partial charge in [-0.2, -0.15) is 6.07 Å². The number of aryl methyl sites for hydroxylation is 1. The van der Waals surface area contributed by atoms with Crippen LogP contribution in [0.4, 0.5) is 0 Å². The van der Waals surface area contributed by atoms with Gasteiger partial charge in [0.2, 0.25) is 0 Å². The fourth-order valence-corrected chi connectivity index (χ4v) is 1.04. The number of rotatable bonds is 0. The number of benzene rings is 1. The van der Waals surface area contributed by atoms with Crippen molar-refractivity contribution in [3.8, 4) is 0 Å². The van der Waals surface area contributed by atoms with Gasteiger partial charge < -0.3 is 21.4 Å². The van der Waals surface area contributed by atoms with Gasteiger partial charge in [0, 0.05) is 11.3 Å². The first-order valence-electron chi connectivity index (χ1n) is 3.24. The molecular formula is C9H7BrMgO. The summed E-state index contributed by atoms with van der Waals surface area (Å²) >= 11 is 0. The fourth-order valence-electron chi connectivity index (χ4n) is 1.04. The number of furan rings is 1. The van der Waals surface area contributed by atoms with Crippen molar-refractivity contribution in [1.29, 1.82) is 0 Å². The molecule has 12 heavy (non-hydrogen) atoms. The fraction of sp³-hybridized carbons (Fsp3) is 0.111. The zero-order chi connectivity index (χ0) is 6.97. The van der Waals surface area contributed by atoms with Crippen molar-refractivity contribution in [2.45, 2.75) is 6.92 Å². The third-order valence-electron chi connectivity index (χ3n) is 1.46. The molecule has 0 unspecified atom stereocenters. The van der Waals surface area contributed by atoms with Crippen LogP contribution >= 0.6 is 0 Å². The molecule has 0 aliphatic carbocycles. The SMILES string of the molecule is Cc1[c-]c2ccccc2o1.[Br-].[Mg+2]. The van der Waals surface area contributed by atoms with Crippen molar-refractivity contribution in [2.24, 2.45) is 0 Å². The molecule has 0 N–H and O–H groups in total. The molecule has 0 fully saturated rings. The average Bonchev–Trinajstić information content (AvgIpc) is 2.27. The molecule has 58 valence electrons. The van der Waals surface area contributed by atoms with Crippen molar-refractivity contribution < 1.29 is 21.4 Å². The summed E-state index contributed by atoms with van der Waals surface area (Å²) in [6.07, 6.45) is 0. The minimum atomic E-state index is 0. The molecule has 0 saturated carbocycles. The van der Waals surface area contributed by atoms with E-state index in [-0.39, 0.29) is 40.0 Å². The molecule has 2 rings (SSSR count). The van der Waals surface area contributed by atoms with Crippen LogP contribution in [0.15, 0.2) is 28.7 Å². The van der Waals surface area contributed by atoms with E-state index < -0.39 is 0 Å². The first kappa shape index (κ1) is 12.0. The smallest absolute Gasteiger partial charge is 1.00 e. The van der Waals surface area contributed by atoms with Gasteiger partial charge in [-0.1, -0.05) is 12.1 Å². The molecule has 0 amide bonds. The summed E-state index contributed by atoms with van der Waals surface area (Å²) in [5.74, 6) is 0.848. The van der Waals surface area contributed by atoms with Gasteiger partial charge in [0.15, 0.2) is 0 Å². The van der Waals surface area contributed by atoms with Gasteiger partial charge in [0.05, 0.1) is 0 Å². The van der Waals surface area contributed by atoms with Gasteiger partial charge in [-0.15, -0.1) is 17.5 Å². The van der Waals surface area contributed by atoms with Crippen LogP contribution in [0, 0.1) is 13.0 Å². The van der Waals surface area contributed by atoms with E-state index in [2.05, 4.69) is 6.07 Å². The normalized spacial score (nSPS) is 8.75. The van der Waals surface area contributed by atoms with Gasteiger partial charge in [0.25, 0.3) is 0 Å². The van der Waals surface area contributed by atoms with Crippen LogP contribution < -0.4 is 17.0 Å². The van der Waals surface area contributed by atoms with Gasteiger partial charge >= 0.3 is 23.1 Å². The molecule has 1 aromatic heterocycles. The molecule has 0 atom stereocenters. The van der Waals surface area contributed by atoms with Crippen molar-refractivity contribution in [2.75, 3.05) is 0 Å². The zero-order valence-corrected chi connectivity index (χ0v) is 9.80. The van der Waals surface area contributed by atoms with Crippen LogP contribution in [0.25, 0.3) is 11.0 Å². The number of hydrogen-bond acceptors (Lipinski definition) is 1. The summed E-state index contributed by atoms with van der Waals surface area (Å²) in [6, 6.07) is 11.0. The Morgan fingerprint density at radius 1 is 1.25 bits per heavy atom. The zero-order valence-electron chi connectivity index (χ0n) is 6.80. The Bertz CT molecular complexity index is 323. The van der Waals surface area contributed by atoms with Crippen molar-refractivity contribution in [3.05, 3.63) is 36.1 Å². The minimum absolute atomic E-state index is 0. The molecule has 0 saturated heterocycles. The van der Waals surface area contributed by atoms with E-state index in [0.717, 1.165) is 16.7 Å². The van der Waals surface area contributed by atoms with Gasteiger partial charge in [0.1, 0.15) is 0 Å². The third kappa shape index (κ3) is 2.25. The van der Waals surface area contributed by atoms with E-state index in [1.807, 2.05) is 31.2 Å². The second kappa shape index (κ2) is 4.89. The maximum absolute atomic E-state index is 5.31. The van der Waals surface area contributed by atoms with Gasteiger partial charge in [-0.05, 0) is 6.92 Å². The van der Waals surface area contributed by atoms with E-state index in [4.69, 9.17) is 4.42 Å². The Balaban J connectivity index is 0.000000605. The Hall–Kier alpha value is 0.00623. The largest absolute Gasteiger partial charge is 2.00 e. The molecule has 0 aliphatic rings. The third-order valence-corrected chi connectivity index (χ3v) is 1.46. The summed E-state index contributed by atoms with van der Waals surface area (Å²) in [6.45, 7) is 1.90. The molecule has 0 spiro atoms. The maximum atomic E-state index is 5.31. The Labute approximate surface area is 98.1 Å². The van der Waals surface area contributed by atoms with E-state index >= 15 is 0 Å². The van der Waals surface area contributed by atoms with Gasteiger partial charge in [-0.25, -0.2) is 0 Å². The average molecular weight is 235 g/mol. The quantitative estimate of drug-likeness (QED) is 0.429. The van der Waals surface area contributed by atoms with Crippen molar-refractivity contribution >= 4 is 34.0 Å². The number of halogens is 1. The molecule has 0 radical (unpaired) electrons. The summed E-state index contributed by atoms with van der Waals surface area (Å²) < 4.78 is 5.31. The molecule has 1 nitrogen and oxygen atoms in total. The van der Waals surface area contributed by atoms with Crippen LogP contribution in [-0.4, -0.2) is 23.1 Å². The molecular weight excluding hydrogens is 228 g/mol. The van der Waals surface area contributed by atoms with Crippen molar-refractivity contribution in [3.63, 3.8) is 0 Å². The predicted molar refractivity (Wildman–Crippen MR) is 45.5 cm³/mol. The van der Waals surface area contributed by atoms with E-state index in [9.17, 15) is 0 Å². The Morgan fingerprint density at radius 3 is 2.58 bits per heavy atom. The molecule has 3 heteroatoms. The summed E-state index contributed by atoms with van der Waals surface area (Å²) in [5, 5.41) is 1.06. The standard InChI is InChI=1S/C9H7O.BrH.Mg/c1-7-6-8-4-2-3-5-9(8)10-7;;/h2-5H,1H3;1H;/q-1;;+2/p-1. The van der Waals surface area contributed by atoms with Crippen LogP contribution in [0.5, 0.6) is 0 Å². The van der Waals surface area contributed by atoms with E-state index in [1.54, 1.807) is 0 Å². The molecule has 2 aromatic rings. The van der Waals surface area contributed by atoms with E-state index in [1.165, 1.54) is 0 Å². The van der Waals surface area contributed by atoms with Gasteiger partial charge in [-0.3, -0.25) is 0 Å². The number of hydrogen-bond donors (Lipinski definition) is 0. The summed E-state index contributed by atoms with van der Waals surface area (Å²) in [7, 11) is 0. The summed E-state index contributed by atoms with van der Waals surface area (Å²) in [4.78, 5) is 0. The van der Waals surface area contributed by atoms with Crippen LogP contribution in [0.1, 0.15) is 5.76 Å². The molecule has 0 aliphatic heterocycles. The second-order valence-electron chi connectivity index (χ2n) is 2.28. The molecule has 1 heterocycles. The van der Waals surface area contributed by atoms with Crippen LogP contribution in [-0.2, 0) is 0 Å². The number of fused-ring (bicyclic) bond motifs is 1. The maximum Gasteiger partial charge on any atom is 2.00 e. The minimum Gasteiger partial charge on any atom is -1.00 e. The predicted octanol–water partition coefficient (Wildman–Crippen LogP) is -0.835. The molecule has 0 bridgehead atoms. The van der Waals surface area contributed by atoms with E-state index in [0.29, 0.717) is 0 Å². The van der Waals surface area contributed by atoms with Crippen LogP contribution in [0.2, 0.25) is 0 Å². The van der Waals surface area contributed by atoms with Crippen molar-refractivity contribution in [1.82, 2.24) is 0 Å². The number of para-hydroxylation sites is 1.